The van der Waals surface area contributed by atoms with Crippen molar-refractivity contribution in [3.8, 4) is 11.5 Å². The molecule has 4 aromatic rings. The number of methoxy groups -OCH3 is 2. The summed E-state index contributed by atoms with van der Waals surface area (Å²) in [4.78, 5) is 65.6. The molecule has 0 aromatic heterocycles. The molecule has 4 amide bonds. The largest absolute Gasteiger partial charge is 0.497 e. The number of para-hydroxylation sites is 1. The number of aliphatic imine (C=N–C) groups is 2. The summed E-state index contributed by atoms with van der Waals surface area (Å²) in [6.45, 7) is -0.145. The summed E-state index contributed by atoms with van der Waals surface area (Å²) in [7, 11) is 3.20. The minimum atomic E-state index is -0.722. The van der Waals surface area contributed by atoms with E-state index in [0.717, 1.165) is 81.2 Å². The van der Waals surface area contributed by atoms with Crippen molar-refractivity contribution in [3.05, 3.63) is 119 Å². The topological polar surface area (TPSA) is 142 Å². The lowest BCUT2D eigenvalue weighted by molar-refractivity contribution is -0.133. The van der Waals surface area contributed by atoms with Crippen molar-refractivity contribution < 1.29 is 33.0 Å². The molecular weight excluding hydrogens is 811 g/mol. The van der Waals surface area contributed by atoms with Gasteiger partial charge in [0, 0.05) is 22.5 Å². The van der Waals surface area contributed by atoms with Crippen molar-refractivity contribution in [2.24, 2.45) is 9.98 Å². The molecule has 8 rings (SSSR count). The molecule has 0 atom stereocenters. The van der Waals surface area contributed by atoms with E-state index in [9.17, 15) is 23.6 Å². The van der Waals surface area contributed by atoms with Gasteiger partial charge in [0.2, 0.25) is 11.8 Å². The highest BCUT2D eigenvalue weighted by Gasteiger charge is 2.49. The summed E-state index contributed by atoms with van der Waals surface area (Å²) >= 11 is 5.82. The number of nitrogens with one attached hydrogen (secondary N) is 2. The Morgan fingerprint density at radius 1 is 0.613 bits per heavy atom. The molecule has 2 aliphatic carbocycles. The van der Waals surface area contributed by atoms with Crippen molar-refractivity contribution in [2.45, 2.75) is 88.4 Å². The van der Waals surface area contributed by atoms with Gasteiger partial charge in [0.1, 0.15) is 53.2 Å². The number of carbonyl (C=O) groups is 4. The summed E-state index contributed by atoms with van der Waals surface area (Å²) in [6.07, 6.45) is 11.3. The quantitative estimate of drug-likeness (QED) is 0.163. The van der Waals surface area contributed by atoms with Crippen molar-refractivity contribution >= 4 is 58.0 Å². The molecule has 2 fully saturated rings. The smallest absolute Gasteiger partial charge is 0.275 e. The van der Waals surface area contributed by atoms with Gasteiger partial charge in [-0.1, -0.05) is 55.5 Å². The second kappa shape index (κ2) is 19.7. The van der Waals surface area contributed by atoms with Gasteiger partial charge in [-0.05, 0) is 130 Å². The van der Waals surface area contributed by atoms with E-state index in [1.807, 2.05) is 66.7 Å². The zero-order valence-electron chi connectivity index (χ0n) is 35.1. The Kier molecular flexibility index (Phi) is 14.0. The number of amides is 4. The average molecular weight is 863 g/mol. The van der Waals surface area contributed by atoms with Gasteiger partial charge in [-0.15, -0.1) is 0 Å². The van der Waals surface area contributed by atoms with E-state index in [4.69, 9.17) is 31.1 Å². The maximum absolute atomic E-state index is 13.4. The molecule has 14 heteroatoms. The van der Waals surface area contributed by atoms with Crippen LogP contribution >= 0.6 is 11.6 Å². The van der Waals surface area contributed by atoms with Crippen LogP contribution in [0.15, 0.2) is 107 Å². The Labute approximate surface area is 366 Å². The lowest BCUT2D eigenvalue weighted by atomic mass is 10.00. The van der Waals surface area contributed by atoms with Crippen LogP contribution in [-0.4, -0.2) is 83.5 Å². The first kappa shape index (κ1) is 44.0. The Bertz CT molecular complexity index is 2300. The molecule has 324 valence electrons. The SMILES string of the molecule is COc1ccc(C2=NC3(CCCCCC3)N(CC(=O)Nc3ccc(F)c(Cl)c3)C2=O)cc1.COc1ccc(C2=NC3(CCCCCC3)N(CC(=O)Nc3ccccc3)C2=O)cc1. The highest BCUT2D eigenvalue weighted by Crippen LogP contribution is 2.40. The van der Waals surface area contributed by atoms with Crippen LogP contribution in [0.25, 0.3) is 0 Å². The van der Waals surface area contributed by atoms with Gasteiger partial charge in [-0.2, -0.15) is 0 Å². The van der Waals surface area contributed by atoms with E-state index >= 15 is 0 Å². The molecule has 4 aromatic carbocycles. The minimum Gasteiger partial charge on any atom is -0.497 e. The fourth-order valence-corrected chi connectivity index (χ4v) is 8.90. The van der Waals surface area contributed by atoms with Crippen LogP contribution in [0, 0.1) is 5.82 Å². The maximum Gasteiger partial charge on any atom is 0.275 e. The van der Waals surface area contributed by atoms with Gasteiger partial charge in [-0.25, -0.2) is 4.39 Å². The second-order valence-corrected chi connectivity index (χ2v) is 16.5. The van der Waals surface area contributed by atoms with E-state index in [1.54, 1.807) is 36.2 Å². The molecule has 2 heterocycles. The summed E-state index contributed by atoms with van der Waals surface area (Å²) in [5.74, 6) is -0.157. The highest BCUT2D eigenvalue weighted by atomic mass is 35.5. The van der Waals surface area contributed by atoms with Gasteiger partial charge in [0.05, 0.1) is 19.2 Å². The van der Waals surface area contributed by atoms with Crippen LogP contribution in [0.4, 0.5) is 15.8 Å². The number of hydrogen-bond acceptors (Lipinski definition) is 8. The van der Waals surface area contributed by atoms with Crippen molar-refractivity contribution in [1.29, 1.82) is 0 Å². The molecule has 0 radical (unpaired) electrons. The molecule has 0 unspecified atom stereocenters. The van der Waals surface area contributed by atoms with Crippen LogP contribution in [0.5, 0.6) is 11.5 Å². The normalized spacial score (nSPS) is 17.9. The first-order chi connectivity index (χ1) is 30.0. The van der Waals surface area contributed by atoms with Crippen LogP contribution in [0.1, 0.15) is 88.2 Å². The number of halogens is 2. The van der Waals surface area contributed by atoms with Crippen molar-refractivity contribution in [3.63, 3.8) is 0 Å². The third-order valence-electron chi connectivity index (χ3n) is 11.9. The number of carbonyl (C=O) groups excluding carboxylic acids is 4. The predicted octanol–water partition coefficient (Wildman–Crippen LogP) is 8.82. The fourth-order valence-electron chi connectivity index (χ4n) is 8.71. The van der Waals surface area contributed by atoms with Crippen molar-refractivity contribution in [2.75, 3.05) is 37.9 Å². The van der Waals surface area contributed by atoms with Gasteiger partial charge in [0.15, 0.2) is 0 Å². The van der Waals surface area contributed by atoms with Crippen LogP contribution in [0.2, 0.25) is 5.02 Å². The van der Waals surface area contributed by atoms with E-state index in [2.05, 4.69) is 10.6 Å². The third kappa shape index (κ3) is 9.99. The average Bonchev–Trinajstić information content (AvgIpc) is 3.47. The molecule has 0 saturated heterocycles. The molecule has 4 aliphatic rings. The zero-order chi connectivity index (χ0) is 43.7. The minimum absolute atomic E-state index is 0.00309. The lowest BCUT2D eigenvalue weighted by Crippen LogP contribution is -2.50. The third-order valence-corrected chi connectivity index (χ3v) is 12.2. The molecular formula is C48H52ClFN6O6. The van der Waals surface area contributed by atoms with Crippen LogP contribution in [0.3, 0.4) is 0 Å². The molecule has 2 spiro atoms. The first-order valence-corrected chi connectivity index (χ1v) is 21.6. The number of anilines is 2. The van der Waals surface area contributed by atoms with Crippen molar-refractivity contribution in [1.82, 2.24) is 9.80 Å². The summed E-state index contributed by atoms with van der Waals surface area (Å²) in [5, 5.41) is 5.53. The predicted molar refractivity (Wildman–Crippen MR) is 238 cm³/mol. The van der Waals surface area contributed by atoms with Crippen LogP contribution < -0.4 is 20.1 Å². The maximum atomic E-state index is 13.4. The highest BCUT2D eigenvalue weighted by molar-refractivity contribution is 6.47. The van der Waals surface area contributed by atoms with Gasteiger partial charge >= 0.3 is 0 Å². The monoisotopic (exact) mass is 862 g/mol. The number of benzene rings is 4. The molecule has 12 nitrogen and oxygen atoms in total. The summed E-state index contributed by atoms with van der Waals surface area (Å²) in [6, 6.07) is 27.9. The standard InChI is InChI=1S/C24H25ClFN3O3.C24H27N3O3/c1-32-18-9-6-16(7-10-18)22-23(31)29(24(28-22)12-4-2-3-5-13-24)15-21(30)27-17-8-11-20(26)19(25)14-17;1-30-20-13-11-18(12-14-20)22-23(29)27(24(26-22)15-7-2-3-8-16-24)17-21(28)25-19-9-5-4-6-10-19/h6-11,14H,2-5,12-13,15H2,1H3,(H,27,30);4-6,9-14H,2-3,7-8,15-17H2,1H3,(H,25,28). The Balaban J connectivity index is 0.000000187. The van der Waals surface area contributed by atoms with E-state index in [1.165, 1.54) is 18.2 Å². The number of rotatable bonds is 10. The molecule has 2 aliphatic heterocycles. The summed E-state index contributed by atoms with van der Waals surface area (Å²) < 4.78 is 23.9. The van der Waals surface area contributed by atoms with E-state index in [-0.39, 0.29) is 41.7 Å². The summed E-state index contributed by atoms with van der Waals surface area (Å²) in [5.41, 5.74) is 2.01. The molecule has 2 saturated carbocycles. The Morgan fingerprint density at radius 2 is 1.03 bits per heavy atom. The lowest BCUT2D eigenvalue weighted by Gasteiger charge is -2.35. The number of ether oxygens (including phenoxy) is 2. The number of nitrogens with zero attached hydrogens (tertiary/aromatic N) is 4. The molecule has 62 heavy (non-hydrogen) atoms. The fraction of sp³-hybridized carbons (Fsp3) is 0.375. The van der Waals surface area contributed by atoms with E-state index in [0.29, 0.717) is 41.3 Å². The van der Waals surface area contributed by atoms with Gasteiger partial charge < -0.3 is 29.9 Å². The zero-order valence-corrected chi connectivity index (χ0v) is 35.9. The Morgan fingerprint density at radius 3 is 1.44 bits per heavy atom. The molecule has 0 bridgehead atoms. The second-order valence-electron chi connectivity index (χ2n) is 16.0. The van der Waals surface area contributed by atoms with Gasteiger partial charge in [-0.3, -0.25) is 29.2 Å². The van der Waals surface area contributed by atoms with Crippen LogP contribution in [-0.2, 0) is 19.2 Å². The first-order valence-electron chi connectivity index (χ1n) is 21.3. The number of hydrogen-bond donors (Lipinski definition) is 2. The Hall–Kier alpha value is -6.08. The van der Waals surface area contributed by atoms with Gasteiger partial charge in [0.25, 0.3) is 11.8 Å². The van der Waals surface area contributed by atoms with E-state index < -0.39 is 17.1 Å². The molecule has 2 N–H and O–H groups in total.